The van der Waals surface area contributed by atoms with Crippen LogP contribution in [0.25, 0.3) is 0 Å². The fourth-order valence-electron chi connectivity index (χ4n) is 1.77. The molecule has 0 aliphatic rings. The van der Waals surface area contributed by atoms with Crippen molar-refractivity contribution in [2.75, 3.05) is 6.54 Å². The Morgan fingerprint density at radius 1 is 1.00 bits per heavy atom. The van der Waals surface area contributed by atoms with Crippen molar-refractivity contribution in [3.05, 3.63) is 69.7 Å². The predicted molar refractivity (Wildman–Crippen MR) is 75.9 cm³/mol. The third-order valence-electron chi connectivity index (χ3n) is 2.83. The summed E-state index contributed by atoms with van der Waals surface area (Å²) >= 11 is 3.22. The van der Waals surface area contributed by atoms with E-state index in [9.17, 15) is 8.78 Å². The topological polar surface area (TPSA) is 12.0 Å². The van der Waals surface area contributed by atoms with Gasteiger partial charge in [0.2, 0.25) is 0 Å². The molecule has 19 heavy (non-hydrogen) atoms. The van der Waals surface area contributed by atoms with Crippen molar-refractivity contribution in [2.45, 2.75) is 13.0 Å². The molecule has 2 aromatic carbocycles. The number of nitrogens with one attached hydrogen (secondary N) is 1. The molecule has 0 fully saturated rings. The molecule has 0 amide bonds. The molecule has 1 nitrogen and oxygen atoms in total. The summed E-state index contributed by atoms with van der Waals surface area (Å²) < 4.78 is 27.0. The van der Waals surface area contributed by atoms with Gasteiger partial charge in [-0.1, -0.05) is 34.1 Å². The van der Waals surface area contributed by atoms with Crippen molar-refractivity contribution >= 4 is 15.9 Å². The molecule has 0 aliphatic heterocycles. The molecule has 0 unspecified atom stereocenters. The van der Waals surface area contributed by atoms with Crippen molar-refractivity contribution in [3.8, 4) is 0 Å². The molecule has 0 radical (unpaired) electrons. The van der Waals surface area contributed by atoms with E-state index >= 15 is 0 Å². The summed E-state index contributed by atoms with van der Waals surface area (Å²) in [5.74, 6) is -0.447. The Hall–Kier alpha value is -1.26. The first-order valence-electron chi connectivity index (χ1n) is 6.04. The van der Waals surface area contributed by atoms with Crippen molar-refractivity contribution in [2.24, 2.45) is 0 Å². The van der Waals surface area contributed by atoms with Crippen LogP contribution in [0.1, 0.15) is 11.1 Å². The number of benzene rings is 2. The molecule has 0 saturated heterocycles. The molecule has 2 rings (SSSR count). The van der Waals surface area contributed by atoms with Gasteiger partial charge in [0.05, 0.1) is 0 Å². The Bertz CT molecular complexity index is 540. The van der Waals surface area contributed by atoms with Crippen LogP contribution in [-0.2, 0) is 13.0 Å². The lowest BCUT2D eigenvalue weighted by molar-refractivity contribution is 0.587. The van der Waals surface area contributed by atoms with Crippen molar-refractivity contribution < 1.29 is 8.78 Å². The zero-order valence-electron chi connectivity index (χ0n) is 10.3. The fraction of sp³-hybridized carbons (Fsp3) is 0.200. The van der Waals surface area contributed by atoms with Gasteiger partial charge >= 0.3 is 0 Å². The van der Waals surface area contributed by atoms with Crippen LogP contribution in [0.3, 0.4) is 0 Å². The third-order valence-corrected chi connectivity index (χ3v) is 3.33. The maximum atomic E-state index is 13.5. The lowest BCUT2D eigenvalue weighted by Crippen LogP contribution is -2.17. The van der Waals surface area contributed by atoms with Crippen molar-refractivity contribution in [1.82, 2.24) is 5.32 Å². The van der Waals surface area contributed by atoms with Crippen LogP contribution < -0.4 is 5.32 Å². The van der Waals surface area contributed by atoms with E-state index in [2.05, 4.69) is 21.2 Å². The molecule has 0 bridgehead atoms. The van der Waals surface area contributed by atoms with E-state index in [4.69, 9.17) is 0 Å². The van der Waals surface area contributed by atoms with Gasteiger partial charge < -0.3 is 5.32 Å². The molecule has 0 atom stereocenters. The van der Waals surface area contributed by atoms with E-state index < -0.39 is 0 Å². The predicted octanol–water partition coefficient (Wildman–Crippen LogP) is 4.06. The summed E-state index contributed by atoms with van der Waals surface area (Å²) in [5, 5.41) is 3.18. The van der Waals surface area contributed by atoms with Crippen molar-refractivity contribution in [1.29, 1.82) is 0 Å². The van der Waals surface area contributed by atoms with Crippen molar-refractivity contribution in [3.63, 3.8) is 0 Å². The third kappa shape index (κ3) is 4.40. The molecule has 0 spiro atoms. The largest absolute Gasteiger partial charge is 0.312 e. The highest BCUT2D eigenvalue weighted by atomic mass is 79.9. The first-order valence-corrected chi connectivity index (χ1v) is 6.83. The average molecular weight is 326 g/mol. The van der Waals surface area contributed by atoms with Crippen LogP contribution >= 0.6 is 15.9 Å². The zero-order valence-corrected chi connectivity index (χ0v) is 11.9. The second-order valence-corrected chi connectivity index (χ2v) is 5.20. The van der Waals surface area contributed by atoms with Crippen LogP contribution in [0.15, 0.2) is 46.9 Å². The van der Waals surface area contributed by atoms with Crippen LogP contribution in [0, 0.1) is 11.6 Å². The zero-order chi connectivity index (χ0) is 13.7. The molecule has 2 aromatic rings. The van der Waals surface area contributed by atoms with Gasteiger partial charge in [-0.05, 0) is 42.8 Å². The number of hydrogen-bond acceptors (Lipinski definition) is 1. The van der Waals surface area contributed by atoms with E-state index in [1.165, 1.54) is 18.2 Å². The van der Waals surface area contributed by atoms with Gasteiger partial charge in [-0.25, -0.2) is 8.78 Å². The van der Waals surface area contributed by atoms with Gasteiger partial charge in [-0.3, -0.25) is 0 Å². The molecule has 0 heterocycles. The molecule has 1 N–H and O–H groups in total. The van der Waals surface area contributed by atoms with Gasteiger partial charge in [0.1, 0.15) is 11.6 Å². The van der Waals surface area contributed by atoms with Crippen LogP contribution in [0.4, 0.5) is 8.78 Å². The SMILES string of the molecule is Fc1ccc(CCNCc2ccc(Br)cc2F)cc1. The quantitative estimate of drug-likeness (QED) is 0.817. The Labute approximate surface area is 119 Å². The second-order valence-electron chi connectivity index (χ2n) is 4.29. The minimum atomic E-state index is -0.228. The van der Waals surface area contributed by atoms with E-state index in [1.54, 1.807) is 18.2 Å². The Morgan fingerprint density at radius 3 is 2.42 bits per heavy atom. The molecule has 4 heteroatoms. The smallest absolute Gasteiger partial charge is 0.128 e. The Kier molecular flexibility index (Phi) is 5.05. The molecule has 0 saturated carbocycles. The van der Waals surface area contributed by atoms with E-state index in [0.717, 1.165) is 23.0 Å². The van der Waals surface area contributed by atoms with Gasteiger partial charge in [-0.2, -0.15) is 0 Å². The monoisotopic (exact) mass is 325 g/mol. The molecule has 0 aliphatic carbocycles. The normalized spacial score (nSPS) is 10.7. The highest BCUT2D eigenvalue weighted by Gasteiger charge is 2.02. The Balaban J connectivity index is 1.79. The summed E-state index contributed by atoms with van der Waals surface area (Å²) in [6, 6.07) is 11.4. The molecule has 0 aromatic heterocycles. The van der Waals surface area contributed by atoms with Crippen LogP contribution in [0.5, 0.6) is 0 Å². The maximum Gasteiger partial charge on any atom is 0.128 e. The van der Waals surface area contributed by atoms with E-state index in [1.807, 2.05) is 6.07 Å². The lowest BCUT2D eigenvalue weighted by atomic mass is 10.1. The Morgan fingerprint density at radius 2 is 1.74 bits per heavy atom. The average Bonchev–Trinajstić information content (AvgIpc) is 2.39. The van der Waals surface area contributed by atoms with Gasteiger partial charge in [-0.15, -0.1) is 0 Å². The summed E-state index contributed by atoms with van der Waals surface area (Å²) in [4.78, 5) is 0. The minimum absolute atomic E-state index is 0.219. The second kappa shape index (κ2) is 6.78. The fourth-order valence-corrected chi connectivity index (χ4v) is 2.11. The number of hydrogen-bond donors (Lipinski definition) is 1. The summed E-state index contributed by atoms with van der Waals surface area (Å²) in [7, 11) is 0. The van der Waals surface area contributed by atoms with Crippen LogP contribution in [0.2, 0.25) is 0 Å². The summed E-state index contributed by atoms with van der Waals surface area (Å²) in [6.07, 6.45) is 0.790. The summed E-state index contributed by atoms with van der Waals surface area (Å²) in [5.41, 5.74) is 1.70. The van der Waals surface area contributed by atoms with E-state index in [0.29, 0.717) is 12.1 Å². The summed E-state index contributed by atoms with van der Waals surface area (Å²) in [6.45, 7) is 1.21. The first kappa shape index (κ1) is 14.2. The molecule has 100 valence electrons. The minimum Gasteiger partial charge on any atom is -0.312 e. The number of rotatable bonds is 5. The maximum absolute atomic E-state index is 13.5. The first-order chi connectivity index (χ1) is 9.15. The van der Waals surface area contributed by atoms with Gasteiger partial charge in [0.25, 0.3) is 0 Å². The van der Waals surface area contributed by atoms with Gasteiger partial charge in [0, 0.05) is 16.6 Å². The van der Waals surface area contributed by atoms with Gasteiger partial charge in [0.15, 0.2) is 0 Å². The molecular formula is C15H14BrF2N. The van der Waals surface area contributed by atoms with Crippen LogP contribution in [-0.4, -0.2) is 6.54 Å². The molecular weight excluding hydrogens is 312 g/mol. The number of halogens is 3. The standard InChI is InChI=1S/C15H14BrF2N/c16-13-4-3-12(15(18)9-13)10-19-8-7-11-1-5-14(17)6-2-11/h1-6,9,19H,7-8,10H2. The highest BCUT2D eigenvalue weighted by Crippen LogP contribution is 2.15. The van der Waals surface area contributed by atoms with E-state index in [-0.39, 0.29) is 11.6 Å². The lowest BCUT2D eigenvalue weighted by Gasteiger charge is -2.06. The highest BCUT2D eigenvalue weighted by molar-refractivity contribution is 9.10.